The normalized spacial score (nSPS) is 13.6. The summed E-state index contributed by atoms with van der Waals surface area (Å²) < 4.78 is 18.5. The Morgan fingerprint density at radius 2 is 2.00 bits per heavy atom. The van der Waals surface area contributed by atoms with Crippen LogP contribution in [0.4, 0.5) is 5.95 Å². The predicted octanol–water partition coefficient (Wildman–Crippen LogP) is 3.01. The fourth-order valence-electron chi connectivity index (χ4n) is 4.18. The number of fused-ring (bicyclic) bond motifs is 3. The monoisotopic (exact) mass is 523 g/mol. The van der Waals surface area contributed by atoms with Gasteiger partial charge in [0.05, 0.1) is 32.0 Å². The van der Waals surface area contributed by atoms with Crippen LogP contribution in [0.15, 0.2) is 37.1 Å². The number of benzene rings is 1. The number of hydrogen-bond acceptors (Lipinski definition) is 9. The SMILES string of the molecule is C=CC(=O)N1CC(OCCc2nc3c(-c4cc(OC)cc(OC)c4Cl)cc4cnc(NC)nc4n3n2)C1. The molecule has 1 amide bonds. The van der Waals surface area contributed by atoms with Gasteiger partial charge in [-0.3, -0.25) is 4.79 Å². The third-order valence-corrected chi connectivity index (χ3v) is 6.57. The van der Waals surface area contributed by atoms with Crippen molar-refractivity contribution >= 4 is 40.1 Å². The highest BCUT2D eigenvalue weighted by Gasteiger charge is 2.30. The summed E-state index contributed by atoms with van der Waals surface area (Å²) in [5.74, 6) is 2.04. The minimum absolute atomic E-state index is 0.00805. The minimum Gasteiger partial charge on any atom is -0.497 e. The number of carbonyl (C=O) groups is 1. The lowest BCUT2D eigenvalue weighted by Gasteiger charge is -2.38. The van der Waals surface area contributed by atoms with E-state index in [0.29, 0.717) is 71.3 Å². The Morgan fingerprint density at radius 3 is 2.70 bits per heavy atom. The fourth-order valence-corrected chi connectivity index (χ4v) is 4.47. The molecular weight excluding hydrogens is 498 g/mol. The summed E-state index contributed by atoms with van der Waals surface area (Å²) in [6.45, 7) is 5.03. The molecule has 0 spiro atoms. The van der Waals surface area contributed by atoms with E-state index >= 15 is 0 Å². The highest BCUT2D eigenvalue weighted by Crippen LogP contribution is 2.41. The van der Waals surface area contributed by atoms with Crippen molar-refractivity contribution in [2.45, 2.75) is 12.5 Å². The molecule has 37 heavy (non-hydrogen) atoms. The van der Waals surface area contributed by atoms with Gasteiger partial charge in [0.25, 0.3) is 0 Å². The number of methoxy groups -OCH3 is 2. The Labute approximate surface area is 218 Å². The molecule has 0 saturated carbocycles. The van der Waals surface area contributed by atoms with Crippen LogP contribution >= 0.6 is 11.6 Å². The van der Waals surface area contributed by atoms with Crippen molar-refractivity contribution in [1.29, 1.82) is 0 Å². The summed E-state index contributed by atoms with van der Waals surface area (Å²) in [5.41, 5.74) is 2.58. The number of anilines is 1. The molecule has 1 aliphatic heterocycles. The molecule has 0 radical (unpaired) electrons. The third kappa shape index (κ3) is 4.63. The summed E-state index contributed by atoms with van der Waals surface area (Å²) in [4.78, 5) is 27.1. The van der Waals surface area contributed by atoms with Crippen LogP contribution in [0.3, 0.4) is 0 Å². The summed E-state index contributed by atoms with van der Waals surface area (Å²) >= 11 is 6.73. The zero-order valence-electron chi connectivity index (χ0n) is 20.7. The molecule has 1 saturated heterocycles. The van der Waals surface area contributed by atoms with Gasteiger partial charge in [0.2, 0.25) is 11.9 Å². The standard InChI is InChI=1S/C25H26ClN7O4/c1-5-21(34)32-12-16(13-32)37-7-6-20-29-24-18(17-9-15(35-3)10-19(36-4)22(17)26)8-14-11-28-25(27-2)30-23(14)33(24)31-20/h5,8-11,16H,1,6-7,12-13H2,2-4H3,(H,27,28,30). The molecule has 0 unspecified atom stereocenters. The molecular formula is C25H26ClN7O4. The molecule has 0 atom stereocenters. The Balaban J connectivity index is 1.52. The fraction of sp³-hybridized carbons (Fsp3) is 0.320. The maximum atomic E-state index is 11.6. The number of carbonyl (C=O) groups excluding carboxylic acids is 1. The van der Waals surface area contributed by atoms with Crippen LogP contribution in [0.2, 0.25) is 5.02 Å². The van der Waals surface area contributed by atoms with Gasteiger partial charge in [-0.15, -0.1) is 5.10 Å². The summed E-state index contributed by atoms with van der Waals surface area (Å²) in [6, 6.07) is 5.49. The van der Waals surface area contributed by atoms with E-state index < -0.39 is 0 Å². The Morgan fingerprint density at radius 1 is 1.19 bits per heavy atom. The van der Waals surface area contributed by atoms with Crippen LogP contribution in [0.5, 0.6) is 11.5 Å². The Bertz CT molecular complexity index is 1500. The Kier molecular flexibility index (Phi) is 6.81. The molecule has 11 nitrogen and oxygen atoms in total. The van der Waals surface area contributed by atoms with Crippen LogP contribution < -0.4 is 14.8 Å². The van der Waals surface area contributed by atoms with Gasteiger partial charge in [-0.05, 0) is 18.2 Å². The van der Waals surface area contributed by atoms with Crippen molar-refractivity contribution in [3.8, 4) is 22.6 Å². The maximum Gasteiger partial charge on any atom is 0.246 e. The summed E-state index contributed by atoms with van der Waals surface area (Å²) in [5, 5.41) is 8.88. The van der Waals surface area contributed by atoms with Crippen LogP contribution in [0.25, 0.3) is 27.8 Å². The first-order chi connectivity index (χ1) is 17.9. The van der Waals surface area contributed by atoms with Crippen LogP contribution in [0.1, 0.15) is 5.82 Å². The number of amides is 1. The summed E-state index contributed by atoms with van der Waals surface area (Å²) in [6.07, 6.45) is 3.51. The molecule has 0 aliphatic carbocycles. The second-order valence-corrected chi connectivity index (χ2v) is 8.80. The van der Waals surface area contributed by atoms with E-state index in [-0.39, 0.29) is 12.0 Å². The average molecular weight is 524 g/mol. The number of rotatable bonds is 9. The first-order valence-corrected chi connectivity index (χ1v) is 12.0. The topological polar surface area (TPSA) is 116 Å². The van der Waals surface area contributed by atoms with E-state index in [4.69, 9.17) is 35.9 Å². The number of likely N-dealkylation sites (tertiary alicyclic amines) is 1. The second kappa shape index (κ2) is 10.2. The van der Waals surface area contributed by atoms with Crippen molar-refractivity contribution in [1.82, 2.24) is 29.5 Å². The van der Waals surface area contributed by atoms with Gasteiger partial charge in [0.1, 0.15) is 11.5 Å². The number of nitrogens with zero attached hydrogens (tertiary/aromatic N) is 6. The highest BCUT2D eigenvalue weighted by molar-refractivity contribution is 6.35. The molecule has 0 bridgehead atoms. The molecule has 4 aromatic rings. The van der Waals surface area contributed by atoms with Gasteiger partial charge in [-0.2, -0.15) is 9.50 Å². The van der Waals surface area contributed by atoms with Gasteiger partial charge in [0, 0.05) is 55.3 Å². The highest BCUT2D eigenvalue weighted by atomic mass is 35.5. The minimum atomic E-state index is -0.0861. The lowest BCUT2D eigenvalue weighted by molar-refractivity contribution is -0.139. The number of halogens is 1. The molecule has 1 aromatic carbocycles. The quantitative estimate of drug-likeness (QED) is 0.330. The first kappa shape index (κ1) is 24.7. The van der Waals surface area contributed by atoms with E-state index in [1.807, 2.05) is 12.1 Å². The molecule has 1 aliphatic rings. The number of nitrogens with one attached hydrogen (secondary N) is 1. The van der Waals surface area contributed by atoms with E-state index in [2.05, 4.69) is 21.9 Å². The van der Waals surface area contributed by atoms with E-state index in [1.165, 1.54) is 6.08 Å². The van der Waals surface area contributed by atoms with Crippen molar-refractivity contribution in [2.75, 3.05) is 46.3 Å². The van der Waals surface area contributed by atoms with Gasteiger partial charge in [-0.1, -0.05) is 18.2 Å². The molecule has 12 heteroatoms. The van der Waals surface area contributed by atoms with Gasteiger partial charge >= 0.3 is 0 Å². The average Bonchev–Trinajstić information content (AvgIpc) is 3.33. The van der Waals surface area contributed by atoms with E-state index in [9.17, 15) is 4.79 Å². The molecule has 5 rings (SSSR count). The van der Waals surface area contributed by atoms with Crippen molar-refractivity contribution in [3.63, 3.8) is 0 Å². The number of ether oxygens (including phenoxy) is 3. The van der Waals surface area contributed by atoms with Gasteiger partial charge in [0.15, 0.2) is 17.1 Å². The molecule has 4 heterocycles. The molecule has 192 valence electrons. The first-order valence-electron chi connectivity index (χ1n) is 11.6. The van der Waals surface area contributed by atoms with Crippen molar-refractivity contribution < 1.29 is 19.0 Å². The smallest absolute Gasteiger partial charge is 0.246 e. The molecule has 1 N–H and O–H groups in total. The van der Waals surface area contributed by atoms with Gasteiger partial charge in [-0.25, -0.2) is 9.97 Å². The Hall–Kier alpha value is -3.96. The number of aromatic nitrogens is 5. The zero-order chi connectivity index (χ0) is 26.1. The number of hydrogen-bond donors (Lipinski definition) is 1. The van der Waals surface area contributed by atoms with E-state index in [0.717, 1.165) is 10.9 Å². The van der Waals surface area contributed by atoms with Gasteiger partial charge < -0.3 is 24.4 Å². The molecule has 1 fully saturated rings. The maximum absolute atomic E-state index is 11.6. The third-order valence-electron chi connectivity index (χ3n) is 6.18. The second-order valence-electron chi connectivity index (χ2n) is 8.43. The number of pyridine rings is 1. The zero-order valence-corrected chi connectivity index (χ0v) is 21.4. The van der Waals surface area contributed by atoms with Crippen LogP contribution in [-0.4, -0.2) is 82.4 Å². The lowest BCUT2D eigenvalue weighted by atomic mass is 10.0. The predicted molar refractivity (Wildman–Crippen MR) is 139 cm³/mol. The van der Waals surface area contributed by atoms with E-state index in [1.54, 1.807) is 42.9 Å². The van der Waals surface area contributed by atoms with Crippen LogP contribution in [-0.2, 0) is 16.0 Å². The van der Waals surface area contributed by atoms with Crippen molar-refractivity contribution in [2.24, 2.45) is 0 Å². The van der Waals surface area contributed by atoms with Crippen molar-refractivity contribution in [3.05, 3.63) is 47.9 Å². The lowest BCUT2D eigenvalue weighted by Crippen LogP contribution is -2.54. The summed E-state index contributed by atoms with van der Waals surface area (Å²) in [7, 11) is 4.89. The largest absolute Gasteiger partial charge is 0.497 e. The molecule has 3 aromatic heterocycles. The van der Waals surface area contributed by atoms with Crippen LogP contribution in [0, 0.1) is 0 Å².